The van der Waals surface area contributed by atoms with E-state index in [0.29, 0.717) is 19.8 Å². The Kier molecular flexibility index (Phi) is 3.77. The van der Waals surface area contributed by atoms with Crippen molar-refractivity contribution in [2.75, 3.05) is 13.2 Å². The van der Waals surface area contributed by atoms with Gasteiger partial charge in [-0.3, -0.25) is 4.98 Å². The van der Waals surface area contributed by atoms with Gasteiger partial charge < -0.3 is 14.2 Å². The van der Waals surface area contributed by atoms with Crippen LogP contribution in [-0.2, 0) is 20.8 Å². The van der Waals surface area contributed by atoms with Gasteiger partial charge in [0.1, 0.15) is 5.82 Å². The second kappa shape index (κ2) is 5.53. The number of nitrogens with zero attached hydrogens (tertiary/aromatic N) is 1. The summed E-state index contributed by atoms with van der Waals surface area (Å²) in [6.07, 6.45) is 6.62. The van der Waals surface area contributed by atoms with Crippen molar-refractivity contribution in [3.63, 3.8) is 0 Å². The number of pyridine rings is 1. The van der Waals surface area contributed by atoms with E-state index in [9.17, 15) is 4.39 Å². The maximum absolute atomic E-state index is 13.0. The summed E-state index contributed by atoms with van der Waals surface area (Å²) in [6.45, 7) is 1.80. The highest BCUT2D eigenvalue weighted by molar-refractivity contribution is 5.08. The molecule has 0 bridgehead atoms. The Balaban J connectivity index is 1.47. The van der Waals surface area contributed by atoms with Crippen molar-refractivity contribution in [3.05, 3.63) is 29.8 Å². The van der Waals surface area contributed by atoms with Crippen LogP contribution in [0.3, 0.4) is 0 Å². The fourth-order valence-electron chi connectivity index (χ4n) is 2.73. The molecule has 1 aliphatic heterocycles. The first-order valence-electron chi connectivity index (χ1n) is 6.75. The number of hydrogen-bond donors (Lipinski definition) is 0. The van der Waals surface area contributed by atoms with E-state index in [-0.39, 0.29) is 17.7 Å². The lowest BCUT2D eigenvalue weighted by atomic mass is 9.92. The van der Waals surface area contributed by atoms with Crippen LogP contribution in [0, 0.1) is 5.82 Å². The summed E-state index contributed by atoms with van der Waals surface area (Å²) < 4.78 is 30.1. The van der Waals surface area contributed by atoms with Crippen LogP contribution in [0.15, 0.2) is 18.5 Å². The van der Waals surface area contributed by atoms with Gasteiger partial charge in [-0.05, 0) is 24.5 Å². The lowest BCUT2D eigenvalue weighted by Gasteiger charge is -2.35. The van der Waals surface area contributed by atoms with Gasteiger partial charge in [0.25, 0.3) is 0 Å². The number of halogens is 1. The normalized spacial score (nSPS) is 23.0. The summed E-state index contributed by atoms with van der Waals surface area (Å²) in [5.74, 6) is -0.670. The van der Waals surface area contributed by atoms with Crippen molar-refractivity contribution in [1.29, 1.82) is 0 Å². The monoisotopic (exact) mass is 267 g/mol. The summed E-state index contributed by atoms with van der Waals surface area (Å²) >= 11 is 0. The smallest absolute Gasteiger partial charge is 0.168 e. The van der Waals surface area contributed by atoms with Crippen LogP contribution in [0.5, 0.6) is 0 Å². The molecule has 1 aromatic rings. The molecule has 5 heteroatoms. The van der Waals surface area contributed by atoms with E-state index < -0.39 is 0 Å². The lowest BCUT2D eigenvalue weighted by Crippen LogP contribution is -2.37. The van der Waals surface area contributed by atoms with E-state index in [1.807, 2.05) is 0 Å². The maximum Gasteiger partial charge on any atom is 0.168 e. The van der Waals surface area contributed by atoms with Gasteiger partial charge in [0.05, 0.1) is 32.1 Å². The second-order valence-corrected chi connectivity index (χ2v) is 5.13. The van der Waals surface area contributed by atoms with Gasteiger partial charge in [0.15, 0.2) is 5.79 Å². The van der Waals surface area contributed by atoms with Crippen molar-refractivity contribution in [3.8, 4) is 0 Å². The van der Waals surface area contributed by atoms with Crippen molar-refractivity contribution in [2.45, 2.75) is 44.2 Å². The fraction of sp³-hybridized carbons (Fsp3) is 0.643. The standard InChI is InChI=1S/C14H18FNO3/c15-12-7-11(8-16-9-12)10-17-13-1-3-14(4-2-13)18-5-6-19-14/h7-9,13H,1-6,10H2. The van der Waals surface area contributed by atoms with Crippen molar-refractivity contribution in [1.82, 2.24) is 4.98 Å². The summed E-state index contributed by atoms with van der Waals surface area (Å²) in [5, 5.41) is 0. The van der Waals surface area contributed by atoms with Crippen molar-refractivity contribution >= 4 is 0 Å². The number of ether oxygens (including phenoxy) is 3. The Morgan fingerprint density at radius 1 is 1.26 bits per heavy atom. The molecule has 1 aromatic heterocycles. The number of rotatable bonds is 3. The summed E-state index contributed by atoms with van der Waals surface area (Å²) in [4.78, 5) is 3.81. The van der Waals surface area contributed by atoms with E-state index in [1.165, 1.54) is 12.3 Å². The largest absolute Gasteiger partial charge is 0.373 e. The van der Waals surface area contributed by atoms with Crippen LogP contribution in [0.2, 0.25) is 0 Å². The molecule has 0 aromatic carbocycles. The zero-order chi connectivity index (χ0) is 13.1. The molecule has 2 fully saturated rings. The molecular formula is C14H18FNO3. The zero-order valence-electron chi connectivity index (χ0n) is 10.8. The third-order valence-corrected chi connectivity index (χ3v) is 3.76. The minimum atomic E-state index is -0.347. The van der Waals surface area contributed by atoms with Crippen LogP contribution >= 0.6 is 0 Å². The molecular weight excluding hydrogens is 249 g/mol. The van der Waals surface area contributed by atoms with Crippen LogP contribution in [0.1, 0.15) is 31.2 Å². The summed E-state index contributed by atoms with van der Waals surface area (Å²) in [7, 11) is 0. The molecule has 0 amide bonds. The molecule has 19 heavy (non-hydrogen) atoms. The highest BCUT2D eigenvalue weighted by Gasteiger charge is 2.40. The average molecular weight is 267 g/mol. The Hall–Kier alpha value is -1.04. The van der Waals surface area contributed by atoms with Gasteiger partial charge >= 0.3 is 0 Å². The van der Waals surface area contributed by atoms with Crippen molar-refractivity contribution in [2.24, 2.45) is 0 Å². The molecule has 4 nitrogen and oxygen atoms in total. The highest BCUT2D eigenvalue weighted by Crippen LogP contribution is 2.36. The minimum Gasteiger partial charge on any atom is -0.373 e. The fourth-order valence-corrected chi connectivity index (χ4v) is 2.73. The molecule has 2 aliphatic rings. The first-order chi connectivity index (χ1) is 9.26. The zero-order valence-corrected chi connectivity index (χ0v) is 10.8. The first kappa shape index (κ1) is 13.0. The number of hydrogen-bond acceptors (Lipinski definition) is 4. The van der Waals surface area contributed by atoms with Crippen LogP contribution < -0.4 is 0 Å². The third kappa shape index (κ3) is 3.11. The summed E-state index contributed by atoms with van der Waals surface area (Å²) in [6, 6.07) is 1.46. The maximum atomic E-state index is 13.0. The van der Waals surface area contributed by atoms with Gasteiger partial charge in [0, 0.05) is 19.0 Å². The molecule has 104 valence electrons. The molecule has 0 unspecified atom stereocenters. The van der Waals surface area contributed by atoms with E-state index >= 15 is 0 Å². The van der Waals surface area contributed by atoms with Gasteiger partial charge in [-0.25, -0.2) is 4.39 Å². The van der Waals surface area contributed by atoms with Crippen LogP contribution in [-0.4, -0.2) is 30.1 Å². The van der Waals surface area contributed by atoms with Crippen LogP contribution in [0.4, 0.5) is 4.39 Å². The molecule has 1 aliphatic carbocycles. The molecule has 0 N–H and O–H groups in total. The second-order valence-electron chi connectivity index (χ2n) is 5.13. The average Bonchev–Trinajstić information content (AvgIpc) is 2.87. The number of aromatic nitrogens is 1. The van der Waals surface area contributed by atoms with E-state index in [2.05, 4.69) is 4.98 Å². The predicted molar refractivity (Wildman–Crippen MR) is 65.9 cm³/mol. The topological polar surface area (TPSA) is 40.6 Å². The summed E-state index contributed by atoms with van der Waals surface area (Å²) in [5.41, 5.74) is 0.772. The molecule has 0 atom stereocenters. The molecule has 1 saturated carbocycles. The van der Waals surface area contributed by atoms with Gasteiger partial charge in [-0.2, -0.15) is 0 Å². The molecule has 3 rings (SSSR count). The SMILES string of the molecule is Fc1cncc(COC2CCC3(CC2)OCCO3)c1. The van der Waals surface area contributed by atoms with Gasteiger partial charge in [-0.1, -0.05) is 0 Å². The van der Waals surface area contributed by atoms with Gasteiger partial charge in [-0.15, -0.1) is 0 Å². The van der Waals surface area contributed by atoms with E-state index in [4.69, 9.17) is 14.2 Å². The molecule has 2 heterocycles. The Morgan fingerprint density at radius 2 is 2.00 bits per heavy atom. The first-order valence-corrected chi connectivity index (χ1v) is 6.75. The van der Waals surface area contributed by atoms with Crippen LogP contribution in [0.25, 0.3) is 0 Å². The van der Waals surface area contributed by atoms with E-state index in [0.717, 1.165) is 31.2 Å². The minimum absolute atomic E-state index is 0.196. The molecule has 1 spiro atoms. The molecule has 0 radical (unpaired) electrons. The lowest BCUT2D eigenvalue weighted by molar-refractivity contribution is -0.192. The Labute approximate surface area is 111 Å². The quantitative estimate of drug-likeness (QED) is 0.843. The van der Waals surface area contributed by atoms with E-state index in [1.54, 1.807) is 6.20 Å². The van der Waals surface area contributed by atoms with Gasteiger partial charge in [0.2, 0.25) is 0 Å². The Bertz CT molecular complexity index is 424. The van der Waals surface area contributed by atoms with Crippen molar-refractivity contribution < 1.29 is 18.6 Å². The Morgan fingerprint density at radius 3 is 2.68 bits per heavy atom. The highest BCUT2D eigenvalue weighted by atomic mass is 19.1. The third-order valence-electron chi connectivity index (χ3n) is 3.76. The molecule has 1 saturated heterocycles. The predicted octanol–water partition coefficient (Wildman–Crippen LogP) is 2.42.